The van der Waals surface area contributed by atoms with Crippen LogP contribution in [0.3, 0.4) is 0 Å². The van der Waals surface area contributed by atoms with Crippen molar-refractivity contribution in [1.29, 1.82) is 0 Å². The Morgan fingerprint density at radius 2 is 2.00 bits per heavy atom. The number of phenols is 2. The summed E-state index contributed by atoms with van der Waals surface area (Å²) in [5.74, 6) is 0.682. The molecule has 2 rings (SSSR count). The molecule has 0 spiro atoms. The molecule has 1 aliphatic heterocycles. The molecule has 0 bridgehead atoms. The fraction of sp³-hybridized carbons (Fsp3) is 0.571. The fourth-order valence-corrected chi connectivity index (χ4v) is 2.23. The quantitative estimate of drug-likeness (QED) is 0.623. The molecule has 0 amide bonds. The number of rotatable bonds is 4. The first-order chi connectivity index (χ1) is 7.90. The van der Waals surface area contributed by atoms with Crippen molar-refractivity contribution in [2.45, 2.75) is 51.2 Å². The summed E-state index contributed by atoms with van der Waals surface area (Å²) in [7, 11) is 0. The van der Waals surface area contributed by atoms with Crippen molar-refractivity contribution in [2.75, 3.05) is 0 Å². The summed E-state index contributed by atoms with van der Waals surface area (Å²) >= 11 is 0. The first-order valence-corrected chi connectivity index (χ1v) is 6.10. The summed E-state index contributed by atoms with van der Waals surface area (Å²) in [6, 6.07) is 4.68. The lowest BCUT2D eigenvalue weighted by molar-refractivity contribution is 0.317. The van der Waals surface area contributed by atoms with Crippen LogP contribution in [0.2, 0.25) is 0 Å². The predicted octanol–water partition coefficient (Wildman–Crippen LogP) is 3.16. The minimum absolute atomic E-state index is 0.0284. The highest BCUT2D eigenvalue weighted by molar-refractivity contribution is 5.40. The van der Waals surface area contributed by atoms with E-state index in [9.17, 15) is 10.2 Å². The van der Waals surface area contributed by atoms with Gasteiger partial charge in [0, 0.05) is 5.56 Å². The molecule has 17 heavy (non-hydrogen) atoms. The van der Waals surface area contributed by atoms with Crippen LogP contribution in [0.5, 0.6) is 11.5 Å². The number of hydrogen-bond donors (Lipinski definition) is 2. The number of ether oxygens (including phenoxy) is 1. The molecule has 0 saturated carbocycles. The number of epoxide rings is 1. The lowest BCUT2D eigenvalue weighted by Gasteiger charge is -2.13. The van der Waals surface area contributed by atoms with Gasteiger partial charge in [0.15, 0.2) is 0 Å². The van der Waals surface area contributed by atoms with Gasteiger partial charge in [-0.2, -0.15) is 0 Å². The zero-order chi connectivity index (χ0) is 12.6. The molecule has 1 saturated heterocycles. The summed E-state index contributed by atoms with van der Waals surface area (Å²) in [5.41, 5.74) is 0.837. The second-order valence-corrected chi connectivity index (χ2v) is 5.43. The van der Waals surface area contributed by atoms with Crippen molar-refractivity contribution in [1.82, 2.24) is 0 Å². The summed E-state index contributed by atoms with van der Waals surface area (Å²) in [6.07, 6.45) is 2.28. The van der Waals surface area contributed by atoms with Gasteiger partial charge in [0.2, 0.25) is 0 Å². The van der Waals surface area contributed by atoms with Gasteiger partial charge in [0.25, 0.3) is 0 Å². The van der Waals surface area contributed by atoms with Crippen LogP contribution in [0.1, 0.15) is 45.1 Å². The lowest BCUT2D eigenvalue weighted by Crippen LogP contribution is -2.04. The zero-order valence-electron chi connectivity index (χ0n) is 10.6. The Labute approximate surface area is 102 Å². The average molecular weight is 236 g/mol. The Bertz CT molecular complexity index is 412. The van der Waals surface area contributed by atoms with E-state index in [1.165, 1.54) is 6.07 Å². The minimum atomic E-state index is 0.0284. The molecule has 0 unspecified atom stereocenters. The van der Waals surface area contributed by atoms with Crippen molar-refractivity contribution in [2.24, 2.45) is 0 Å². The molecule has 1 aliphatic rings. The normalized spacial score (nSPS) is 23.4. The Morgan fingerprint density at radius 1 is 1.35 bits per heavy atom. The minimum Gasteiger partial charge on any atom is -0.508 e. The van der Waals surface area contributed by atoms with Crippen molar-refractivity contribution in [3.63, 3.8) is 0 Å². The van der Waals surface area contributed by atoms with Gasteiger partial charge < -0.3 is 14.9 Å². The fourth-order valence-electron chi connectivity index (χ4n) is 2.23. The molecule has 0 radical (unpaired) electrons. The van der Waals surface area contributed by atoms with Gasteiger partial charge in [-0.25, -0.2) is 0 Å². The van der Waals surface area contributed by atoms with Crippen LogP contribution in [0.4, 0.5) is 0 Å². The van der Waals surface area contributed by atoms with Crippen LogP contribution in [-0.4, -0.2) is 21.9 Å². The third kappa shape index (κ3) is 2.72. The van der Waals surface area contributed by atoms with Gasteiger partial charge in [0.1, 0.15) is 11.5 Å². The third-order valence-corrected chi connectivity index (χ3v) is 3.57. The largest absolute Gasteiger partial charge is 0.508 e. The Hall–Kier alpha value is -1.22. The molecular weight excluding hydrogens is 216 g/mol. The summed E-state index contributed by atoms with van der Waals surface area (Å²) < 4.78 is 5.53. The molecule has 3 heteroatoms. The molecular formula is C14H20O3. The molecule has 2 atom stereocenters. The van der Waals surface area contributed by atoms with E-state index in [0.29, 0.717) is 6.10 Å². The lowest BCUT2D eigenvalue weighted by atomic mass is 9.93. The summed E-state index contributed by atoms with van der Waals surface area (Å²) in [6.45, 7) is 6.24. The first-order valence-electron chi connectivity index (χ1n) is 6.10. The van der Waals surface area contributed by atoms with Crippen LogP contribution in [-0.2, 0) is 4.74 Å². The maximum absolute atomic E-state index is 9.75. The summed E-state index contributed by atoms with van der Waals surface area (Å²) in [4.78, 5) is 0. The van der Waals surface area contributed by atoms with Gasteiger partial charge in [-0.3, -0.25) is 0 Å². The molecule has 1 aromatic carbocycles. The first kappa shape index (κ1) is 12.2. The SMILES string of the molecule is C[C@@H](CC[C@H]1OC1(C)C)c1cc(O)ccc1O. The molecule has 1 aromatic rings. The van der Waals surface area contributed by atoms with E-state index >= 15 is 0 Å². The molecule has 2 N–H and O–H groups in total. The van der Waals surface area contributed by atoms with Gasteiger partial charge in [0.05, 0.1) is 11.7 Å². The Morgan fingerprint density at radius 3 is 2.59 bits per heavy atom. The molecule has 1 heterocycles. The average Bonchev–Trinajstić information content (AvgIpc) is 2.87. The van der Waals surface area contributed by atoms with Crippen molar-refractivity contribution in [3.8, 4) is 11.5 Å². The van der Waals surface area contributed by atoms with Crippen LogP contribution in [0.25, 0.3) is 0 Å². The highest BCUT2D eigenvalue weighted by Gasteiger charge is 2.47. The van der Waals surface area contributed by atoms with E-state index in [2.05, 4.69) is 20.8 Å². The van der Waals surface area contributed by atoms with Crippen molar-refractivity contribution < 1.29 is 14.9 Å². The van der Waals surface area contributed by atoms with Crippen LogP contribution >= 0.6 is 0 Å². The van der Waals surface area contributed by atoms with Gasteiger partial charge in [-0.05, 0) is 50.8 Å². The number of benzene rings is 1. The van der Waals surface area contributed by atoms with E-state index in [1.54, 1.807) is 12.1 Å². The second-order valence-electron chi connectivity index (χ2n) is 5.43. The Balaban J connectivity index is 1.95. The van der Waals surface area contributed by atoms with Crippen LogP contribution < -0.4 is 0 Å². The van der Waals surface area contributed by atoms with Crippen LogP contribution in [0.15, 0.2) is 18.2 Å². The second kappa shape index (κ2) is 4.22. The van der Waals surface area contributed by atoms with Crippen LogP contribution in [0, 0.1) is 0 Å². The van der Waals surface area contributed by atoms with E-state index in [0.717, 1.165) is 18.4 Å². The van der Waals surface area contributed by atoms with E-state index in [-0.39, 0.29) is 23.0 Å². The zero-order valence-corrected chi connectivity index (χ0v) is 10.6. The molecule has 3 nitrogen and oxygen atoms in total. The number of hydrogen-bond acceptors (Lipinski definition) is 3. The monoisotopic (exact) mass is 236 g/mol. The highest BCUT2D eigenvalue weighted by atomic mass is 16.6. The topological polar surface area (TPSA) is 53.0 Å². The standard InChI is InChI=1S/C14H20O3/c1-9(4-7-13-14(2,3)17-13)11-8-10(15)5-6-12(11)16/h5-6,8-9,13,15-16H,4,7H2,1-3H3/t9-,13+/m0/s1. The molecule has 94 valence electrons. The molecule has 0 aromatic heterocycles. The predicted molar refractivity (Wildman–Crippen MR) is 66.4 cm³/mol. The maximum atomic E-state index is 9.75. The van der Waals surface area contributed by atoms with Crippen molar-refractivity contribution in [3.05, 3.63) is 23.8 Å². The van der Waals surface area contributed by atoms with Crippen molar-refractivity contribution >= 4 is 0 Å². The number of phenolic OH excluding ortho intramolecular Hbond substituents is 2. The summed E-state index contributed by atoms with van der Waals surface area (Å²) in [5, 5.41) is 19.2. The maximum Gasteiger partial charge on any atom is 0.119 e. The number of aromatic hydroxyl groups is 2. The third-order valence-electron chi connectivity index (χ3n) is 3.57. The molecule has 1 fully saturated rings. The molecule has 0 aliphatic carbocycles. The van der Waals surface area contributed by atoms with E-state index in [4.69, 9.17) is 4.74 Å². The van der Waals surface area contributed by atoms with Gasteiger partial charge in [-0.1, -0.05) is 6.92 Å². The highest BCUT2D eigenvalue weighted by Crippen LogP contribution is 2.41. The van der Waals surface area contributed by atoms with Gasteiger partial charge >= 0.3 is 0 Å². The van der Waals surface area contributed by atoms with E-state index in [1.807, 2.05) is 0 Å². The smallest absolute Gasteiger partial charge is 0.119 e. The van der Waals surface area contributed by atoms with E-state index < -0.39 is 0 Å². The van der Waals surface area contributed by atoms with Gasteiger partial charge in [-0.15, -0.1) is 0 Å². The Kier molecular flexibility index (Phi) is 3.04.